The van der Waals surface area contributed by atoms with Crippen LogP contribution < -0.4 is 26.2 Å². The Morgan fingerprint density at radius 3 is 2.07 bits per heavy atom. The number of imidazole rings is 1. The summed E-state index contributed by atoms with van der Waals surface area (Å²) in [6.45, 7) is 5.08. The Morgan fingerprint density at radius 2 is 1.45 bits per heavy atom. The van der Waals surface area contributed by atoms with E-state index in [1.54, 1.807) is 17.8 Å². The molecule has 6 N–H and O–H groups in total. The molecule has 2 aromatic heterocycles. The summed E-state index contributed by atoms with van der Waals surface area (Å²) in [6.07, 6.45) is 1.68. The summed E-state index contributed by atoms with van der Waals surface area (Å²) in [5.41, 5.74) is 3.27. The molecule has 3 fully saturated rings. The third-order valence-electron chi connectivity index (χ3n) is 11.1. The Hall–Kier alpha value is -5.12. The van der Waals surface area contributed by atoms with Crippen molar-refractivity contribution in [2.45, 2.75) is 87.7 Å². The van der Waals surface area contributed by atoms with Gasteiger partial charge in [0.1, 0.15) is 12.2 Å². The van der Waals surface area contributed by atoms with Gasteiger partial charge in [-0.15, -0.1) is 0 Å². The number of likely N-dealkylation sites (N-methyl/N-ethyl adjacent to an activating group) is 1. The van der Waals surface area contributed by atoms with Crippen LogP contribution in [0.3, 0.4) is 0 Å². The summed E-state index contributed by atoms with van der Waals surface area (Å²) in [7, 11) is 2.03. The molecule has 55 heavy (non-hydrogen) atoms. The molecule has 1 saturated carbocycles. The predicted octanol–water partition coefficient (Wildman–Crippen LogP) is 1.93. The fraction of sp³-hybridized carbons (Fsp3) is 0.500. The van der Waals surface area contributed by atoms with Gasteiger partial charge in [-0.05, 0) is 44.0 Å². The lowest BCUT2D eigenvalue weighted by Crippen LogP contribution is -2.42. The molecule has 15 heteroatoms. The molecule has 292 valence electrons. The Morgan fingerprint density at radius 1 is 0.818 bits per heavy atom. The number of hydrogen-bond acceptors (Lipinski definition) is 11. The lowest BCUT2D eigenvalue weighted by molar-refractivity contribution is -0.127. The molecule has 0 radical (unpaired) electrons. The third kappa shape index (κ3) is 8.90. The summed E-state index contributed by atoms with van der Waals surface area (Å²) in [4.78, 5) is 56.6. The maximum Gasteiger partial charge on any atom is 0.229 e. The molecule has 2 aromatic carbocycles. The summed E-state index contributed by atoms with van der Waals surface area (Å²) in [5, 5.41) is 34.7. The second kappa shape index (κ2) is 17.1. The number of aromatic nitrogens is 4. The van der Waals surface area contributed by atoms with Crippen LogP contribution in [0.5, 0.6) is 0 Å². The molecule has 1 aliphatic carbocycles. The van der Waals surface area contributed by atoms with Crippen LogP contribution >= 0.6 is 0 Å². The van der Waals surface area contributed by atoms with Gasteiger partial charge in [-0.3, -0.25) is 14.4 Å². The first-order valence-electron chi connectivity index (χ1n) is 19.4. The van der Waals surface area contributed by atoms with E-state index in [9.17, 15) is 24.6 Å². The Bertz CT molecular complexity index is 1900. The van der Waals surface area contributed by atoms with E-state index < -0.39 is 24.3 Å². The van der Waals surface area contributed by atoms with Gasteiger partial charge in [0.05, 0.1) is 18.4 Å². The number of nitrogens with one attached hydrogen (secondary N) is 4. The van der Waals surface area contributed by atoms with Crippen molar-refractivity contribution in [2.24, 2.45) is 0 Å². The first-order chi connectivity index (χ1) is 26.7. The smallest absolute Gasteiger partial charge is 0.229 e. The van der Waals surface area contributed by atoms with Crippen LogP contribution in [-0.2, 0) is 14.4 Å². The van der Waals surface area contributed by atoms with Crippen molar-refractivity contribution in [3.8, 4) is 0 Å². The number of fused-ring (bicyclic) bond motifs is 1. The molecular weight excluding hydrogens is 701 g/mol. The molecule has 2 saturated heterocycles. The highest BCUT2D eigenvalue weighted by Gasteiger charge is 2.44. The number of aliphatic hydroxyl groups excluding tert-OH is 2. The van der Waals surface area contributed by atoms with Crippen molar-refractivity contribution in [3.05, 3.63) is 78.1 Å². The first-order valence-corrected chi connectivity index (χ1v) is 19.4. The van der Waals surface area contributed by atoms with Crippen molar-refractivity contribution < 1.29 is 24.6 Å². The molecule has 2 aliphatic heterocycles. The Kier molecular flexibility index (Phi) is 11.9. The van der Waals surface area contributed by atoms with Gasteiger partial charge in [0.15, 0.2) is 17.0 Å². The number of hydrogen-bond donors (Lipinski definition) is 6. The fourth-order valence-corrected chi connectivity index (χ4v) is 8.09. The zero-order chi connectivity index (χ0) is 38.5. The number of aliphatic hydroxyl groups is 2. The number of likely N-dealkylation sites (tertiary alicyclic amines) is 1. The zero-order valence-corrected chi connectivity index (χ0v) is 31.5. The van der Waals surface area contributed by atoms with Crippen LogP contribution in [-0.4, -0.2) is 122 Å². The van der Waals surface area contributed by atoms with E-state index in [-0.39, 0.29) is 55.0 Å². The molecule has 0 spiro atoms. The Balaban J connectivity index is 1.11. The first kappa shape index (κ1) is 38.2. The monoisotopic (exact) mass is 752 g/mol. The summed E-state index contributed by atoms with van der Waals surface area (Å²) < 4.78 is 1.77. The van der Waals surface area contributed by atoms with Crippen LogP contribution in [0, 0.1) is 0 Å². The number of carbonyl (C=O) groups excluding carboxylic acids is 3. The summed E-state index contributed by atoms with van der Waals surface area (Å²) in [6, 6.07) is 19.3. The summed E-state index contributed by atoms with van der Waals surface area (Å²) in [5.74, 6) is 0.476. The van der Waals surface area contributed by atoms with E-state index >= 15 is 0 Å². The van der Waals surface area contributed by atoms with E-state index in [1.807, 2.05) is 48.3 Å². The van der Waals surface area contributed by atoms with E-state index in [0.29, 0.717) is 55.4 Å². The number of rotatable bonds is 14. The zero-order valence-electron chi connectivity index (χ0n) is 31.5. The molecule has 15 nitrogen and oxygen atoms in total. The van der Waals surface area contributed by atoms with Crippen molar-refractivity contribution in [2.75, 3.05) is 50.0 Å². The normalized spacial score (nSPS) is 24.1. The predicted molar refractivity (Wildman–Crippen MR) is 208 cm³/mol. The van der Waals surface area contributed by atoms with E-state index in [1.165, 1.54) is 0 Å². The van der Waals surface area contributed by atoms with Crippen molar-refractivity contribution >= 4 is 40.7 Å². The highest BCUT2D eigenvalue weighted by Crippen LogP contribution is 2.35. The van der Waals surface area contributed by atoms with Gasteiger partial charge in [-0.25, -0.2) is 4.98 Å². The van der Waals surface area contributed by atoms with Crippen molar-refractivity contribution in [3.63, 3.8) is 0 Å². The summed E-state index contributed by atoms with van der Waals surface area (Å²) >= 11 is 0. The van der Waals surface area contributed by atoms with Gasteiger partial charge in [0.2, 0.25) is 23.7 Å². The molecule has 6 atom stereocenters. The van der Waals surface area contributed by atoms with Crippen LogP contribution in [0.15, 0.2) is 67.0 Å². The lowest BCUT2D eigenvalue weighted by Gasteiger charge is -2.22. The molecule has 4 unspecified atom stereocenters. The largest absolute Gasteiger partial charge is 0.388 e. The highest BCUT2D eigenvalue weighted by atomic mass is 16.3. The second-order valence-electron chi connectivity index (χ2n) is 15.1. The molecule has 3 aliphatic rings. The molecular formula is C40H52N10O5. The van der Waals surface area contributed by atoms with Crippen LogP contribution in [0.4, 0.5) is 11.8 Å². The average Bonchev–Trinajstić information content (AvgIpc) is 4.00. The number of benzene rings is 2. The minimum atomic E-state index is -1.16. The Labute approximate surface area is 320 Å². The molecule has 0 bridgehead atoms. The SMILES string of the molecule is CCC(=O)NC1CC(n2cnc3c(NCC(c4ccccc4)c4ccccc4)nc(N4CCC(NC(=O)CCC(=O)NC5CCN(C)C5)C4)nc32)[C@H](O)[C@@H]1O. The van der Waals surface area contributed by atoms with Crippen molar-refractivity contribution in [1.82, 2.24) is 40.4 Å². The van der Waals surface area contributed by atoms with E-state index in [0.717, 1.165) is 30.6 Å². The minimum Gasteiger partial charge on any atom is -0.388 e. The molecule has 3 amide bonds. The van der Waals surface area contributed by atoms with E-state index in [4.69, 9.17) is 15.0 Å². The standard InChI is InChI=1S/C40H52N10O5/c1-3-32(51)45-30-20-31(37(55)36(30)54)50-24-42-35-38(41-21-29(25-10-6-4-7-11-25)26-12-8-5-9-13-26)46-40(47-39(35)50)49-19-17-28(23-49)44-34(53)15-14-33(52)43-27-16-18-48(2)22-27/h4-13,24,27-31,36-37,54-55H,3,14-23H2,1-2H3,(H,43,52)(H,44,53)(H,45,51)(H,41,46,47)/t27?,28?,30?,31?,36-,37+/m1/s1. The number of anilines is 2. The van der Waals surface area contributed by atoms with Gasteiger partial charge >= 0.3 is 0 Å². The van der Waals surface area contributed by atoms with E-state index in [2.05, 4.69) is 50.4 Å². The van der Waals surface area contributed by atoms with Crippen LogP contribution in [0.25, 0.3) is 11.2 Å². The van der Waals surface area contributed by atoms with Crippen LogP contribution in [0.2, 0.25) is 0 Å². The number of carbonyl (C=O) groups is 3. The lowest BCUT2D eigenvalue weighted by atomic mass is 9.91. The molecule has 4 aromatic rings. The van der Waals surface area contributed by atoms with Crippen LogP contribution in [0.1, 0.15) is 68.5 Å². The highest BCUT2D eigenvalue weighted by molar-refractivity contribution is 5.85. The number of amides is 3. The minimum absolute atomic E-state index is 0.000603. The average molecular weight is 753 g/mol. The fourth-order valence-electron chi connectivity index (χ4n) is 8.09. The topological polar surface area (TPSA) is 190 Å². The molecule has 4 heterocycles. The van der Waals surface area contributed by atoms with Gasteiger partial charge in [-0.1, -0.05) is 67.6 Å². The number of nitrogens with zero attached hydrogens (tertiary/aromatic N) is 6. The molecule has 7 rings (SSSR count). The third-order valence-corrected chi connectivity index (χ3v) is 11.1. The van der Waals surface area contributed by atoms with Gasteiger partial charge in [0, 0.05) is 63.4 Å². The maximum absolute atomic E-state index is 12.9. The quantitative estimate of drug-likeness (QED) is 0.110. The van der Waals surface area contributed by atoms with Gasteiger partial charge in [-0.2, -0.15) is 9.97 Å². The second-order valence-corrected chi connectivity index (χ2v) is 15.1. The maximum atomic E-state index is 12.9. The van der Waals surface area contributed by atoms with Gasteiger partial charge in [0.25, 0.3) is 0 Å². The van der Waals surface area contributed by atoms with Crippen molar-refractivity contribution in [1.29, 1.82) is 0 Å². The van der Waals surface area contributed by atoms with Gasteiger partial charge < -0.3 is 45.8 Å².